The van der Waals surface area contributed by atoms with Gasteiger partial charge in [-0.3, -0.25) is 14.4 Å². The van der Waals surface area contributed by atoms with E-state index in [-0.39, 0.29) is 31.1 Å². The molecule has 0 heterocycles. The molecule has 0 saturated carbocycles. The summed E-state index contributed by atoms with van der Waals surface area (Å²) in [5, 5.41) is 0. The van der Waals surface area contributed by atoms with Crippen LogP contribution in [0.1, 0.15) is 245 Å². The van der Waals surface area contributed by atoms with Gasteiger partial charge in [-0.1, -0.05) is 207 Å². The molecule has 0 amide bonds. The van der Waals surface area contributed by atoms with E-state index in [1.165, 1.54) is 141 Å². The molecular formula is C44H84O6. The predicted molar refractivity (Wildman–Crippen MR) is 210 cm³/mol. The average Bonchev–Trinajstić information content (AvgIpc) is 3.11. The highest BCUT2D eigenvalue weighted by molar-refractivity contribution is 5.71. The Kier molecular flexibility index (Phi) is 38.9. The highest BCUT2D eigenvalue weighted by Crippen LogP contribution is 2.15. The maximum absolute atomic E-state index is 12.5. The first-order valence-corrected chi connectivity index (χ1v) is 22.0. The summed E-state index contributed by atoms with van der Waals surface area (Å²) in [5.74, 6) is -0.869. The quantitative estimate of drug-likeness (QED) is 0.0358. The predicted octanol–water partition coefficient (Wildman–Crippen LogP) is 13.7. The van der Waals surface area contributed by atoms with Crippen molar-refractivity contribution in [2.75, 3.05) is 13.2 Å². The third-order valence-electron chi connectivity index (χ3n) is 9.86. The Morgan fingerprint density at radius 3 is 0.800 bits per heavy atom. The topological polar surface area (TPSA) is 78.9 Å². The van der Waals surface area contributed by atoms with E-state index in [1.807, 2.05) is 0 Å². The second-order valence-electron chi connectivity index (χ2n) is 15.0. The molecule has 0 saturated heterocycles. The molecule has 0 aliphatic carbocycles. The molecule has 0 fully saturated rings. The van der Waals surface area contributed by atoms with E-state index in [4.69, 9.17) is 14.2 Å². The molecule has 0 aromatic heterocycles. The average molecular weight is 709 g/mol. The van der Waals surface area contributed by atoms with Gasteiger partial charge < -0.3 is 14.2 Å². The van der Waals surface area contributed by atoms with Crippen molar-refractivity contribution < 1.29 is 28.6 Å². The zero-order valence-electron chi connectivity index (χ0n) is 33.7. The van der Waals surface area contributed by atoms with Crippen molar-refractivity contribution in [3.05, 3.63) is 0 Å². The van der Waals surface area contributed by atoms with Crippen molar-refractivity contribution in [3.63, 3.8) is 0 Å². The number of carbonyl (C=O) groups excluding carboxylic acids is 3. The molecule has 1 atom stereocenters. The Hall–Kier alpha value is -1.59. The zero-order valence-corrected chi connectivity index (χ0v) is 33.7. The highest BCUT2D eigenvalue weighted by Gasteiger charge is 2.19. The third kappa shape index (κ3) is 37.7. The van der Waals surface area contributed by atoms with Gasteiger partial charge in [0.25, 0.3) is 0 Å². The number of rotatable bonds is 40. The van der Waals surface area contributed by atoms with Crippen LogP contribution in [-0.4, -0.2) is 37.2 Å². The van der Waals surface area contributed by atoms with E-state index in [2.05, 4.69) is 20.8 Å². The maximum Gasteiger partial charge on any atom is 0.306 e. The van der Waals surface area contributed by atoms with Crippen molar-refractivity contribution in [1.82, 2.24) is 0 Å². The Morgan fingerprint density at radius 1 is 0.320 bits per heavy atom. The summed E-state index contributed by atoms with van der Waals surface area (Å²) in [6.07, 6.45) is 39.7. The van der Waals surface area contributed by atoms with Crippen LogP contribution in [-0.2, 0) is 28.6 Å². The minimum atomic E-state index is -0.755. The van der Waals surface area contributed by atoms with Crippen molar-refractivity contribution in [3.8, 4) is 0 Å². The Bertz CT molecular complexity index is 738. The van der Waals surface area contributed by atoms with Gasteiger partial charge in [-0.15, -0.1) is 0 Å². The van der Waals surface area contributed by atoms with Gasteiger partial charge in [-0.05, 0) is 19.3 Å². The summed E-state index contributed by atoms with van der Waals surface area (Å²) in [4.78, 5) is 37.4. The molecule has 0 aliphatic rings. The van der Waals surface area contributed by atoms with Crippen molar-refractivity contribution in [2.24, 2.45) is 0 Å². The van der Waals surface area contributed by atoms with E-state index < -0.39 is 6.10 Å². The fraction of sp³-hybridized carbons (Fsp3) is 0.932. The van der Waals surface area contributed by atoms with Crippen LogP contribution in [0.25, 0.3) is 0 Å². The van der Waals surface area contributed by atoms with Crippen LogP contribution in [0.4, 0.5) is 0 Å². The van der Waals surface area contributed by atoms with Crippen LogP contribution in [0.2, 0.25) is 0 Å². The van der Waals surface area contributed by atoms with Crippen LogP contribution >= 0.6 is 0 Å². The largest absolute Gasteiger partial charge is 0.462 e. The summed E-state index contributed by atoms with van der Waals surface area (Å²) in [6.45, 7) is 6.56. The molecule has 0 radical (unpaired) electrons. The summed E-state index contributed by atoms with van der Waals surface area (Å²) in [5.41, 5.74) is 0. The van der Waals surface area contributed by atoms with Crippen LogP contribution in [0.15, 0.2) is 0 Å². The van der Waals surface area contributed by atoms with Gasteiger partial charge in [0, 0.05) is 19.3 Å². The van der Waals surface area contributed by atoms with Crippen LogP contribution in [0.3, 0.4) is 0 Å². The van der Waals surface area contributed by atoms with Gasteiger partial charge in [0.1, 0.15) is 13.2 Å². The number of ether oxygens (including phenoxy) is 3. The summed E-state index contributed by atoms with van der Waals surface area (Å²) >= 11 is 0. The number of hydrogen-bond donors (Lipinski definition) is 0. The van der Waals surface area contributed by atoms with Crippen molar-refractivity contribution in [2.45, 2.75) is 252 Å². The normalized spacial score (nSPS) is 11.8. The Morgan fingerprint density at radius 2 is 0.540 bits per heavy atom. The molecule has 0 aliphatic heterocycles. The van der Waals surface area contributed by atoms with Crippen molar-refractivity contribution >= 4 is 17.9 Å². The van der Waals surface area contributed by atoms with Gasteiger partial charge >= 0.3 is 17.9 Å². The molecule has 50 heavy (non-hydrogen) atoms. The lowest BCUT2D eigenvalue weighted by atomic mass is 10.0. The standard InChI is InChI=1S/C44H84O6/c1-4-7-10-13-15-17-19-21-22-23-25-27-29-32-34-37-43(46)49-40-41(50-44(47)38-35-30-12-9-6-3)39-48-42(45)36-33-31-28-26-24-20-18-16-14-11-8-5-2/h41H,4-40H2,1-3H3/t41-/m1/s1. The van der Waals surface area contributed by atoms with Crippen molar-refractivity contribution in [1.29, 1.82) is 0 Å². The lowest BCUT2D eigenvalue weighted by Crippen LogP contribution is -2.30. The zero-order chi connectivity index (χ0) is 36.6. The SMILES string of the molecule is CCCCCCCCCCCCCCCCCC(=O)OC[C@@H](COC(=O)CCCCCCCCCCCCCC)OC(=O)CCCCCCC. The van der Waals surface area contributed by atoms with Gasteiger partial charge in [-0.2, -0.15) is 0 Å². The van der Waals surface area contributed by atoms with Crippen LogP contribution < -0.4 is 0 Å². The number of unbranched alkanes of at least 4 members (excludes halogenated alkanes) is 29. The second-order valence-corrected chi connectivity index (χ2v) is 15.0. The first-order chi connectivity index (χ1) is 24.5. The van der Waals surface area contributed by atoms with E-state index in [0.717, 1.165) is 64.2 Å². The first-order valence-electron chi connectivity index (χ1n) is 22.0. The van der Waals surface area contributed by atoms with E-state index in [1.54, 1.807) is 0 Å². The number of hydrogen-bond acceptors (Lipinski definition) is 6. The molecule has 0 spiro atoms. The smallest absolute Gasteiger partial charge is 0.306 e. The molecule has 0 unspecified atom stereocenters. The van der Waals surface area contributed by atoms with E-state index in [0.29, 0.717) is 19.3 Å². The van der Waals surface area contributed by atoms with Gasteiger partial charge in [0.15, 0.2) is 6.10 Å². The molecule has 0 N–H and O–H groups in total. The van der Waals surface area contributed by atoms with E-state index in [9.17, 15) is 14.4 Å². The molecule has 0 aromatic carbocycles. The van der Waals surface area contributed by atoms with Crippen LogP contribution in [0.5, 0.6) is 0 Å². The third-order valence-corrected chi connectivity index (χ3v) is 9.86. The summed E-state index contributed by atoms with van der Waals surface area (Å²) < 4.78 is 16.6. The second kappa shape index (κ2) is 40.2. The fourth-order valence-corrected chi connectivity index (χ4v) is 6.50. The molecule has 296 valence electrons. The van der Waals surface area contributed by atoms with Gasteiger partial charge in [-0.25, -0.2) is 0 Å². The lowest BCUT2D eigenvalue weighted by Gasteiger charge is -2.18. The van der Waals surface area contributed by atoms with E-state index >= 15 is 0 Å². The molecule has 0 bridgehead atoms. The molecule has 6 nitrogen and oxygen atoms in total. The molecular weight excluding hydrogens is 624 g/mol. The minimum Gasteiger partial charge on any atom is -0.462 e. The summed E-state index contributed by atoms with van der Waals surface area (Å²) in [6, 6.07) is 0. The molecule has 0 rings (SSSR count). The Balaban J connectivity index is 4.14. The maximum atomic E-state index is 12.5. The molecule has 0 aromatic rings. The fourth-order valence-electron chi connectivity index (χ4n) is 6.50. The summed E-state index contributed by atoms with van der Waals surface area (Å²) in [7, 11) is 0. The first kappa shape index (κ1) is 48.4. The highest BCUT2D eigenvalue weighted by atomic mass is 16.6. The molecule has 6 heteroatoms. The Labute approximate surface area is 310 Å². The lowest BCUT2D eigenvalue weighted by molar-refractivity contribution is -0.167. The minimum absolute atomic E-state index is 0.0645. The van der Waals surface area contributed by atoms with Crippen LogP contribution in [0, 0.1) is 0 Å². The van der Waals surface area contributed by atoms with Gasteiger partial charge in [0.05, 0.1) is 0 Å². The number of esters is 3. The van der Waals surface area contributed by atoms with Gasteiger partial charge in [0.2, 0.25) is 0 Å². The monoisotopic (exact) mass is 709 g/mol. The number of carbonyl (C=O) groups is 3.